The number of urea groups is 1. The van der Waals surface area contributed by atoms with Gasteiger partial charge >= 0.3 is 6.03 Å². The number of nitrogens with one attached hydrogen (secondary N) is 3. The van der Waals surface area contributed by atoms with Gasteiger partial charge in [0.2, 0.25) is 5.78 Å². The summed E-state index contributed by atoms with van der Waals surface area (Å²) in [4.78, 5) is 28.2. The lowest BCUT2D eigenvalue weighted by Crippen LogP contribution is -2.24. The van der Waals surface area contributed by atoms with Gasteiger partial charge in [-0.15, -0.1) is 0 Å². The van der Waals surface area contributed by atoms with Crippen LogP contribution >= 0.6 is 0 Å². The summed E-state index contributed by atoms with van der Waals surface area (Å²) in [6, 6.07) is 7.67. The highest BCUT2D eigenvalue weighted by molar-refractivity contribution is 6.16. The first-order valence-electron chi connectivity index (χ1n) is 11.4. The highest BCUT2D eigenvalue weighted by atomic mass is 19.1. The molecular formula is C27H30FN3O4. The van der Waals surface area contributed by atoms with Gasteiger partial charge in [0.25, 0.3) is 0 Å². The summed E-state index contributed by atoms with van der Waals surface area (Å²) in [7, 11) is 3.01. The molecule has 0 atom stereocenters. The fraction of sp³-hybridized carbons (Fsp3) is 0.333. The van der Waals surface area contributed by atoms with E-state index in [2.05, 4.69) is 15.6 Å². The van der Waals surface area contributed by atoms with Crippen molar-refractivity contribution in [3.63, 3.8) is 0 Å². The summed E-state index contributed by atoms with van der Waals surface area (Å²) in [5, 5.41) is 5.79. The van der Waals surface area contributed by atoms with Crippen LogP contribution in [0.2, 0.25) is 0 Å². The molecule has 0 unspecified atom stereocenters. The number of carbonyl (C=O) groups excluding carboxylic acids is 2. The lowest BCUT2D eigenvalue weighted by atomic mass is 9.85. The normalized spacial score (nSPS) is 16.5. The first kappa shape index (κ1) is 24.3. The second-order valence-corrected chi connectivity index (χ2v) is 8.67. The Balaban J connectivity index is 0.00000289. The predicted molar refractivity (Wildman–Crippen MR) is 135 cm³/mol. The van der Waals surface area contributed by atoms with Gasteiger partial charge in [-0.25, -0.2) is 9.18 Å². The lowest BCUT2D eigenvalue weighted by Gasteiger charge is -2.21. The number of rotatable bonds is 4. The zero-order chi connectivity index (χ0) is 23.8. The predicted octanol–water partition coefficient (Wildman–Crippen LogP) is 6.37. The molecule has 0 saturated heterocycles. The topological polar surface area (TPSA) is 92.5 Å². The largest absolute Gasteiger partial charge is 0.497 e. The van der Waals surface area contributed by atoms with E-state index in [9.17, 15) is 14.0 Å². The number of aromatic amines is 1. The van der Waals surface area contributed by atoms with Crippen molar-refractivity contribution in [3.05, 3.63) is 58.7 Å². The number of anilines is 1. The molecule has 1 fully saturated rings. The molecule has 5 rings (SSSR count). The van der Waals surface area contributed by atoms with Crippen molar-refractivity contribution in [2.24, 2.45) is 0 Å². The van der Waals surface area contributed by atoms with Crippen LogP contribution in [-0.2, 0) is 0 Å². The van der Waals surface area contributed by atoms with Crippen molar-refractivity contribution >= 4 is 34.5 Å². The number of fused-ring (bicyclic) bond motifs is 2. The van der Waals surface area contributed by atoms with E-state index in [-0.39, 0.29) is 30.9 Å². The fourth-order valence-corrected chi connectivity index (χ4v) is 4.85. The smallest absolute Gasteiger partial charge is 0.318 e. The Morgan fingerprint density at radius 1 is 1.20 bits per heavy atom. The highest BCUT2D eigenvalue weighted by Crippen LogP contribution is 2.41. The number of halogens is 1. The van der Waals surface area contributed by atoms with Crippen molar-refractivity contribution in [1.82, 2.24) is 10.3 Å². The Bertz CT molecular complexity index is 1320. The number of amides is 2. The van der Waals surface area contributed by atoms with Crippen LogP contribution in [0.3, 0.4) is 0 Å². The number of Topliss-reactive ketones (excluding diaryl/α,β-unsaturated/α-hetero) is 1. The third-order valence-corrected chi connectivity index (χ3v) is 6.58. The minimum atomic E-state index is -0.400. The average molecular weight is 480 g/mol. The van der Waals surface area contributed by atoms with E-state index in [1.165, 1.54) is 26.6 Å². The Hall–Kier alpha value is -3.81. The van der Waals surface area contributed by atoms with E-state index >= 15 is 0 Å². The van der Waals surface area contributed by atoms with Crippen molar-refractivity contribution in [1.29, 1.82) is 0 Å². The molecule has 1 aliphatic carbocycles. The van der Waals surface area contributed by atoms with Crippen molar-refractivity contribution in [2.75, 3.05) is 19.5 Å². The van der Waals surface area contributed by atoms with E-state index in [1.807, 2.05) is 0 Å². The fourth-order valence-electron chi connectivity index (χ4n) is 4.85. The van der Waals surface area contributed by atoms with Crippen molar-refractivity contribution < 1.29 is 23.5 Å². The molecule has 8 heteroatoms. The molecule has 35 heavy (non-hydrogen) atoms. The van der Waals surface area contributed by atoms with Crippen molar-refractivity contribution in [2.45, 2.75) is 45.4 Å². The Labute approximate surface area is 203 Å². The van der Waals surface area contributed by atoms with Gasteiger partial charge in [-0.2, -0.15) is 0 Å². The zero-order valence-electron chi connectivity index (χ0n) is 19.1. The quantitative estimate of drug-likeness (QED) is 0.379. The van der Waals surface area contributed by atoms with E-state index in [0.717, 1.165) is 36.9 Å². The number of ketones is 1. The molecule has 1 aliphatic heterocycles. The molecular weight excluding hydrogens is 449 g/mol. The molecule has 2 aliphatic rings. The summed E-state index contributed by atoms with van der Waals surface area (Å²) in [6.45, 7) is 0. The van der Waals surface area contributed by atoms with Gasteiger partial charge in [0.05, 0.1) is 18.2 Å². The Morgan fingerprint density at radius 3 is 2.69 bits per heavy atom. The maximum absolute atomic E-state index is 14.9. The zero-order valence-corrected chi connectivity index (χ0v) is 19.1. The number of aromatic nitrogens is 1. The summed E-state index contributed by atoms with van der Waals surface area (Å²) in [6.07, 6.45) is 7.14. The minimum Gasteiger partial charge on any atom is -0.497 e. The molecule has 0 spiro atoms. The number of H-pyrrole nitrogens is 1. The summed E-state index contributed by atoms with van der Waals surface area (Å²) in [5.41, 5.74) is 2.91. The number of hydrogen-bond acceptors (Lipinski definition) is 4. The Kier molecular flexibility index (Phi) is 6.82. The van der Waals surface area contributed by atoms with Crippen molar-refractivity contribution in [3.8, 4) is 11.5 Å². The molecule has 3 N–H and O–H groups in total. The van der Waals surface area contributed by atoms with E-state index in [4.69, 9.17) is 9.47 Å². The van der Waals surface area contributed by atoms with Crippen LogP contribution in [0.5, 0.6) is 11.5 Å². The van der Waals surface area contributed by atoms with Crippen LogP contribution < -0.4 is 20.1 Å². The summed E-state index contributed by atoms with van der Waals surface area (Å²) < 4.78 is 26.1. The SMILES string of the molecule is C.CNC(=O)Nc1ccc2c(c1)C(=O)/C(=C/c1c(C3CCCCC3)[nH]c3c(F)cc(OC)cc13)O2. The van der Waals surface area contributed by atoms with E-state index in [0.29, 0.717) is 33.7 Å². The molecule has 1 aromatic heterocycles. The van der Waals surface area contributed by atoms with Gasteiger partial charge in [0.1, 0.15) is 11.5 Å². The number of carbonyl (C=O) groups is 2. The monoisotopic (exact) mass is 479 g/mol. The van der Waals surface area contributed by atoms with Gasteiger partial charge in [-0.1, -0.05) is 26.7 Å². The molecule has 2 amide bonds. The molecule has 0 radical (unpaired) electrons. The third-order valence-electron chi connectivity index (χ3n) is 6.58. The standard InChI is InChI=1S/C26H26FN3O4.CH4/c1-28-26(32)29-15-8-9-21-19(10-15)25(31)22(34-21)13-18-17-11-16(33-2)12-20(27)24(17)30-23(18)14-6-4-3-5-7-14;/h8-14,30H,3-7H2,1-2H3,(H2,28,29,32);1H4/b22-13-;. The second kappa shape index (κ2) is 9.82. The maximum Gasteiger partial charge on any atom is 0.318 e. The first-order valence-corrected chi connectivity index (χ1v) is 11.4. The van der Waals surface area contributed by atoms with Crippen LogP contribution in [0.4, 0.5) is 14.9 Å². The molecule has 3 aromatic rings. The number of ether oxygens (including phenoxy) is 2. The maximum atomic E-state index is 14.9. The van der Waals surface area contributed by atoms with E-state index in [1.54, 1.807) is 30.3 Å². The third kappa shape index (κ3) is 4.48. The minimum absolute atomic E-state index is 0. The van der Waals surface area contributed by atoms with Crippen LogP contribution in [0.1, 0.15) is 67.1 Å². The summed E-state index contributed by atoms with van der Waals surface area (Å²) >= 11 is 0. The number of methoxy groups -OCH3 is 1. The van der Waals surface area contributed by atoms with Gasteiger partial charge in [0.15, 0.2) is 11.6 Å². The molecule has 2 aromatic carbocycles. The Morgan fingerprint density at radius 2 is 1.97 bits per heavy atom. The molecule has 7 nitrogen and oxygen atoms in total. The van der Waals surface area contributed by atoms with Crippen LogP contribution in [0.25, 0.3) is 17.0 Å². The molecule has 0 bridgehead atoms. The van der Waals surface area contributed by atoms with Gasteiger partial charge in [-0.3, -0.25) is 4.79 Å². The van der Waals surface area contributed by atoms with Crippen LogP contribution in [-0.4, -0.2) is 31.0 Å². The van der Waals surface area contributed by atoms with Crippen LogP contribution in [0.15, 0.2) is 36.1 Å². The number of hydrogen-bond donors (Lipinski definition) is 3. The molecule has 184 valence electrons. The first-order chi connectivity index (χ1) is 16.5. The van der Waals surface area contributed by atoms with Gasteiger partial charge in [0, 0.05) is 35.4 Å². The average Bonchev–Trinajstić information content (AvgIpc) is 3.37. The summed E-state index contributed by atoms with van der Waals surface area (Å²) in [5.74, 6) is 0.548. The lowest BCUT2D eigenvalue weighted by molar-refractivity contribution is 0.101. The number of allylic oxidation sites excluding steroid dienone is 1. The highest BCUT2D eigenvalue weighted by Gasteiger charge is 2.30. The van der Waals surface area contributed by atoms with Crippen LogP contribution in [0, 0.1) is 5.82 Å². The molecule has 1 saturated carbocycles. The van der Waals surface area contributed by atoms with E-state index < -0.39 is 5.82 Å². The molecule has 2 heterocycles. The second-order valence-electron chi connectivity index (χ2n) is 8.67. The van der Waals surface area contributed by atoms with Gasteiger partial charge in [-0.05, 0) is 49.1 Å². The van der Waals surface area contributed by atoms with Gasteiger partial charge < -0.3 is 25.1 Å². The number of benzene rings is 2.